The van der Waals surface area contributed by atoms with Crippen LogP contribution in [-0.4, -0.2) is 14.6 Å². The van der Waals surface area contributed by atoms with Crippen molar-refractivity contribution < 1.29 is 0 Å². The highest BCUT2D eigenvalue weighted by atomic mass is 15.3. The SMILES string of the molecule is Cc1ccc2nc(C(C)N)nn2c1. The van der Waals surface area contributed by atoms with Crippen LogP contribution < -0.4 is 5.73 Å². The molecule has 0 aromatic carbocycles. The van der Waals surface area contributed by atoms with Crippen LogP contribution in [0, 0.1) is 6.92 Å². The van der Waals surface area contributed by atoms with Gasteiger partial charge in [0, 0.05) is 6.20 Å². The van der Waals surface area contributed by atoms with Crippen molar-refractivity contribution in [2.75, 3.05) is 0 Å². The molecule has 2 aromatic heterocycles. The van der Waals surface area contributed by atoms with E-state index in [1.54, 1.807) is 4.52 Å². The standard InChI is InChI=1S/C9H12N4/c1-6-3-4-8-11-9(7(2)10)12-13(8)5-6/h3-5,7H,10H2,1-2H3. The third-order valence-corrected chi connectivity index (χ3v) is 1.90. The van der Waals surface area contributed by atoms with E-state index in [2.05, 4.69) is 10.1 Å². The van der Waals surface area contributed by atoms with Gasteiger partial charge in [-0.3, -0.25) is 0 Å². The van der Waals surface area contributed by atoms with Crippen molar-refractivity contribution in [2.45, 2.75) is 19.9 Å². The van der Waals surface area contributed by atoms with Crippen LogP contribution in [0.2, 0.25) is 0 Å². The average molecular weight is 176 g/mol. The molecule has 1 unspecified atom stereocenters. The maximum absolute atomic E-state index is 5.68. The number of fused-ring (bicyclic) bond motifs is 1. The molecule has 68 valence electrons. The first-order chi connectivity index (χ1) is 6.16. The highest BCUT2D eigenvalue weighted by Crippen LogP contribution is 2.07. The predicted octanol–water partition coefficient (Wildman–Crippen LogP) is 1.06. The van der Waals surface area contributed by atoms with E-state index in [1.165, 1.54) is 0 Å². The van der Waals surface area contributed by atoms with Gasteiger partial charge in [0.2, 0.25) is 0 Å². The fraction of sp³-hybridized carbons (Fsp3) is 0.333. The Morgan fingerprint density at radius 1 is 1.46 bits per heavy atom. The van der Waals surface area contributed by atoms with E-state index in [-0.39, 0.29) is 6.04 Å². The Bertz CT molecular complexity index is 430. The second-order valence-electron chi connectivity index (χ2n) is 3.27. The quantitative estimate of drug-likeness (QED) is 0.706. The molecule has 2 N–H and O–H groups in total. The van der Waals surface area contributed by atoms with Gasteiger partial charge in [-0.15, -0.1) is 5.10 Å². The highest BCUT2D eigenvalue weighted by Gasteiger charge is 2.06. The molecule has 4 heteroatoms. The van der Waals surface area contributed by atoms with E-state index >= 15 is 0 Å². The fourth-order valence-electron chi connectivity index (χ4n) is 1.20. The molecule has 0 bridgehead atoms. The second-order valence-corrected chi connectivity index (χ2v) is 3.27. The van der Waals surface area contributed by atoms with Crippen LogP contribution in [0.1, 0.15) is 24.4 Å². The van der Waals surface area contributed by atoms with Gasteiger partial charge in [-0.2, -0.15) is 0 Å². The number of hydrogen-bond donors (Lipinski definition) is 1. The van der Waals surface area contributed by atoms with Gasteiger partial charge in [0.1, 0.15) is 0 Å². The van der Waals surface area contributed by atoms with Crippen molar-refractivity contribution in [3.63, 3.8) is 0 Å². The first kappa shape index (κ1) is 8.19. The van der Waals surface area contributed by atoms with Crippen LogP contribution in [0.4, 0.5) is 0 Å². The minimum Gasteiger partial charge on any atom is -0.321 e. The molecule has 0 fully saturated rings. The molecule has 0 aliphatic heterocycles. The van der Waals surface area contributed by atoms with Gasteiger partial charge in [0.25, 0.3) is 0 Å². The van der Waals surface area contributed by atoms with Crippen LogP contribution in [-0.2, 0) is 0 Å². The summed E-state index contributed by atoms with van der Waals surface area (Å²) in [4.78, 5) is 4.28. The number of aromatic nitrogens is 3. The van der Waals surface area contributed by atoms with Crippen molar-refractivity contribution in [3.8, 4) is 0 Å². The zero-order valence-electron chi connectivity index (χ0n) is 7.73. The summed E-state index contributed by atoms with van der Waals surface area (Å²) in [5, 5.41) is 4.25. The zero-order valence-corrected chi connectivity index (χ0v) is 7.73. The number of aryl methyl sites for hydroxylation is 1. The van der Waals surface area contributed by atoms with Crippen LogP contribution >= 0.6 is 0 Å². The van der Waals surface area contributed by atoms with Gasteiger partial charge in [-0.1, -0.05) is 6.07 Å². The summed E-state index contributed by atoms with van der Waals surface area (Å²) in [5.41, 5.74) is 7.68. The van der Waals surface area contributed by atoms with E-state index < -0.39 is 0 Å². The van der Waals surface area contributed by atoms with Crippen molar-refractivity contribution in [1.82, 2.24) is 14.6 Å². The minimum absolute atomic E-state index is 0.111. The van der Waals surface area contributed by atoms with Gasteiger partial charge >= 0.3 is 0 Å². The maximum Gasteiger partial charge on any atom is 0.168 e. The Kier molecular flexibility index (Phi) is 1.77. The number of nitrogens with zero attached hydrogens (tertiary/aromatic N) is 3. The zero-order chi connectivity index (χ0) is 9.42. The van der Waals surface area contributed by atoms with Crippen molar-refractivity contribution >= 4 is 5.65 Å². The first-order valence-electron chi connectivity index (χ1n) is 4.25. The molecule has 13 heavy (non-hydrogen) atoms. The van der Waals surface area contributed by atoms with Crippen molar-refractivity contribution in [3.05, 3.63) is 29.7 Å². The van der Waals surface area contributed by atoms with E-state index in [4.69, 9.17) is 5.73 Å². The topological polar surface area (TPSA) is 56.2 Å². The molecule has 0 radical (unpaired) electrons. The maximum atomic E-state index is 5.68. The van der Waals surface area contributed by atoms with Crippen LogP contribution in [0.15, 0.2) is 18.3 Å². The lowest BCUT2D eigenvalue weighted by Crippen LogP contribution is -2.07. The molecule has 1 atom stereocenters. The average Bonchev–Trinajstić information content (AvgIpc) is 2.46. The van der Waals surface area contributed by atoms with Crippen molar-refractivity contribution in [1.29, 1.82) is 0 Å². The summed E-state index contributed by atoms with van der Waals surface area (Å²) < 4.78 is 1.76. The van der Waals surface area contributed by atoms with E-state index in [9.17, 15) is 0 Å². The summed E-state index contributed by atoms with van der Waals surface area (Å²) in [6.07, 6.45) is 1.94. The second kappa shape index (κ2) is 2.81. The minimum atomic E-state index is -0.111. The van der Waals surface area contributed by atoms with Gasteiger partial charge in [-0.05, 0) is 25.5 Å². The normalized spacial score (nSPS) is 13.5. The molecule has 2 rings (SSSR count). The molecule has 2 aromatic rings. The van der Waals surface area contributed by atoms with Crippen LogP contribution in [0.5, 0.6) is 0 Å². The van der Waals surface area contributed by atoms with E-state index in [0.29, 0.717) is 5.82 Å². The molecule has 0 aliphatic carbocycles. The van der Waals surface area contributed by atoms with Gasteiger partial charge in [0.15, 0.2) is 11.5 Å². The molecular formula is C9H12N4. The third-order valence-electron chi connectivity index (χ3n) is 1.90. The molecule has 0 aliphatic rings. The van der Waals surface area contributed by atoms with E-state index in [0.717, 1.165) is 11.2 Å². The fourth-order valence-corrected chi connectivity index (χ4v) is 1.20. The van der Waals surface area contributed by atoms with Gasteiger partial charge in [-0.25, -0.2) is 9.50 Å². The summed E-state index contributed by atoms with van der Waals surface area (Å²) >= 11 is 0. The molecule has 0 saturated heterocycles. The van der Waals surface area contributed by atoms with Gasteiger partial charge < -0.3 is 5.73 Å². The van der Waals surface area contributed by atoms with Gasteiger partial charge in [0.05, 0.1) is 6.04 Å². The number of rotatable bonds is 1. The molecule has 2 heterocycles. The Balaban J connectivity index is 2.62. The first-order valence-corrected chi connectivity index (χ1v) is 4.25. The lowest BCUT2D eigenvalue weighted by molar-refractivity contribution is 0.733. The number of pyridine rings is 1. The van der Waals surface area contributed by atoms with Crippen molar-refractivity contribution in [2.24, 2.45) is 5.73 Å². The highest BCUT2D eigenvalue weighted by molar-refractivity contribution is 5.38. The molecule has 0 amide bonds. The summed E-state index contributed by atoms with van der Waals surface area (Å²) in [5.74, 6) is 0.686. The number of nitrogens with two attached hydrogens (primary N) is 1. The van der Waals surface area contributed by atoms with Crippen LogP contribution in [0.25, 0.3) is 5.65 Å². The lowest BCUT2D eigenvalue weighted by atomic mass is 10.3. The largest absolute Gasteiger partial charge is 0.321 e. The summed E-state index contributed by atoms with van der Waals surface area (Å²) in [7, 11) is 0. The Morgan fingerprint density at radius 3 is 2.92 bits per heavy atom. The lowest BCUT2D eigenvalue weighted by Gasteiger charge is -1.94. The summed E-state index contributed by atoms with van der Waals surface area (Å²) in [6.45, 7) is 3.90. The van der Waals surface area contributed by atoms with E-state index in [1.807, 2.05) is 32.2 Å². The Morgan fingerprint density at radius 2 is 2.23 bits per heavy atom. The Hall–Kier alpha value is -1.42. The molecule has 4 nitrogen and oxygen atoms in total. The molecule has 0 saturated carbocycles. The summed E-state index contributed by atoms with van der Waals surface area (Å²) in [6, 6.07) is 3.84. The monoisotopic (exact) mass is 176 g/mol. The molecular weight excluding hydrogens is 164 g/mol. The molecule has 0 spiro atoms. The Labute approximate surface area is 76.4 Å². The number of hydrogen-bond acceptors (Lipinski definition) is 3. The predicted molar refractivity (Wildman–Crippen MR) is 50.3 cm³/mol. The third kappa shape index (κ3) is 1.40. The smallest absolute Gasteiger partial charge is 0.168 e. The van der Waals surface area contributed by atoms with Crippen LogP contribution in [0.3, 0.4) is 0 Å².